The van der Waals surface area contributed by atoms with Gasteiger partial charge in [-0.2, -0.15) is 0 Å². The fourth-order valence-electron chi connectivity index (χ4n) is 3.31. The van der Waals surface area contributed by atoms with Gasteiger partial charge in [-0.3, -0.25) is 4.99 Å². The van der Waals surface area contributed by atoms with Crippen molar-refractivity contribution in [3.8, 4) is 5.75 Å². The molecule has 0 aliphatic carbocycles. The summed E-state index contributed by atoms with van der Waals surface area (Å²) in [5.74, 6) is 1.61. The van der Waals surface area contributed by atoms with Crippen molar-refractivity contribution in [2.45, 2.75) is 6.42 Å². The third-order valence-corrected chi connectivity index (χ3v) is 4.81. The van der Waals surface area contributed by atoms with Gasteiger partial charge in [-0.15, -0.1) is 24.0 Å². The molecule has 1 N–H and O–H groups in total. The van der Waals surface area contributed by atoms with Gasteiger partial charge in [0.25, 0.3) is 0 Å². The van der Waals surface area contributed by atoms with Gasteiger partial charge in [0.15, 0.2) is 5.96 Å². The highest BCUT2D eigenvalue weighted by atomic mass is 127. The minimum atomic E-state index is -0.196. The van der Waals surface area contributed by atoms with Crippen molar-refractivity contribution in [2.75, 3.05) is 51.8 Å². The molecule has 7 heteroatoms. The van der Waals surface area contributed by atoms with Crippen molar-refractivity contribution in [1.29, 1.82) is 0 Å². The number of rotatable bonds is 5. The van der Waals surface area contributed by atoms with Gasteiger partial charge < -0.3 is 19.9 Å². The number of guanidine groups is 1. The molecular formula is C21H28FIN4O. The first-order valence-corrected chi connectivity index (χ1v) is 9.28. The highest BCUT2D eigenvalue weighted by Crippen LogP contribution is 2.17. The predicted molar refractivity (Wildman–Crippen MR) is 124 cm³/mol. The Morgan fingerprint density at radius 3 is 2.46 bits per heavy atom. The molecule has 0 radical (unpaired) electrons. The van der Waals surface area contributed by atoms with Crippen molar-refractivity contribution < 1.29 is 9.13 Å². The highest BCUT2D eigenvalue weighted by molar-refractivity contribution is 14.0. The lowest BCUT2D eigenvalue weighted by Crippen LogP contribution is -2.52. The number of anilines is 1. The summed E-state index contributed by atoms with van der Waals surface area (Å²) in [6.45, 7) is 4.37. The molecule has 1 aliphatic heterocycles. The summed E-state index contributed by atoms with van der Waals surface area (Å²) >= 11 is 0. The van der Waals surface area contributed by atoms with Crippen molar-refractivity contribution >= 4 is 35.6 Å². The molecule has 3 rings (SSSR count). The topological polar surface area (TPSA) is 40.1 Å². The zero-order chi connectivity index (χ0) is 19.1. The summed E-state index contributed by atoms with van der Waals surface area (Å²) in [7, 11) is 3.50. The Morgan fingerprint density at radius 1 is 1.11 bits per heavy atom. The van der Waals surface area contributed by atoms with E-state index >= 15 is 0 Å². The molecule has 1 aliphatic rings. The summed E-state index contributed by atoms with van der Waals surface area (Å²) in [5, 5.41) is 3.45. The molecule has 0 unspecified atom stereocenters. The lowest BCUT2D eigenvalue weighted by atomic mass is 10.1. The third kappa shape index (κ3) is 5.98. The molecule has 0 spiro atoms. The molecule has 2 aromatic rings. The van der Waals surface area contributed by atoms with Gasteiger partial charge in [-0.25, -0.2) is 4.39 Å². The van der Waals surface area contributed by atoms with Gasteiger partial charge in [0.05, 0.1) is 7.11 Å². The second-order valence-corrected chi connectivity index (χ2v) is 6.53. The Morgan fingerprint density at radius 2 is 1.82 bits per heavy atom. The fourth-order valence-corrected chi connectivity index (χ4v) is 3.31. The number of benzene rings is 2. The van der Waals surface area contributed by atoms with Crippen LogP contribution in [-0.4, -0.2) is 57.7 Å². The van der Waals surface area contributed by atoms with Gasteiger partial charge in [-0.05, 0) is 48.4 Å². The van der Waals surface area contributed by atoms with E-state index in [4.69, 9.17) is 4.74 Å². The van der Waals surface area contributed by atoms with Gasteiger partial charge in [0.1, 0.15) is 11.6 Å². The lowest BCUT2D eigenvalue weighted by molar-refractivity contribution is 0.373. The first-order valence-electron chi connectivity index (χ1n) is 9.28. The Balaban J connectivity index is 0.00000280. The van der Waals surface area contributed by atoms with Gasteiger partial charge in [0.2, 0.25) is 0 Å². The van der Waals surface area contributed by atoms with Gasteiger partial charge in [0, 0.05) is 45.5 Å². The average molecular weight is 498 g/mol. The molecule has 0 amide bonds. The Hall–Kier alpha value is -2.03. The fraction of sp³-hybridized carbons (Fsp3) is 0.381. The number of nitrogens with zero attached hydrogens (tertiary/aromatic N) is 3. The molecule has 0 atom stereocenters. The normalized spacial score (nSPS) is 14.5. The van der Waals surface area contributed by atoms with Crippen LogP contribution >= 0.6 is 24.0 Å². The number of methoxy groups -OCH3 is 1. The molecule has 5 nitrogen and oxygen atoms in total. The van der Waals surface area contributed by atoms with Crippen molar-refractivity contribution in [3.05, 3.63) is 59.9 Å². The summed E-state index contributed by atoms with van der Waals surface area (Å²) < 4.78 is 18.4. The first-order chi connectivity index (χ1) is 13.2. The second-order valence-electron chi connectivity index (χ2n) is 6.53. The first kappa shape index (κ1) is 22.3. The van der Waals surface area contributed by atoms with E-state index in [0.29, 0.717) is 0 Å². The van der Waals surface area contributed by atoms with E-state index < -0.39 is 0 Å². The number of hydrogen-bond donors (Lipinski definition) is 1. The number of nitrogens with one attached hydrogen (secondary N) is 1. The maximum absolute atomic E-state index is 13.1. The van der Waals surface area contributed by atoms with E-state index in [-0.39, 0.29) is 29.8 Å². The lowest BCUT2D eigenvalue weighted by Gasteiger charge is -2.37. The smallest absolute Gasteiger partial charge is 0.193 e. The van der Waals surface area contributed by atoms with Crippen LogP contribution in [0.5, 0.6) is 5.75 Å². The second kappa shape index (κ2) is 11.1. The van der Waals surface area contributed by atoms with Gasteiger partial charge >= 0.3 is 0 Å². The molecule has 0 bridgehead atoms. The van der Waals surface area contributed by atoms with Gasteiger partial charge in [-0.1, -0.05) is 12.1 Å². The quantitative estimate of drug-likeness (QED) is 0.390. The third-order valence-electron chi connectivity index (χ3n) is 4.81. The number of ether oxygens (including phenoxy) is 1. The van der Waals surface area contributed by atoms with E-state index in [9.17, 15) is 4.39 Å². The van der Waals surface area contributed by atoms with Crippen LogP contribution in [0.3, 0.4) is 0 Å². The van der Waals surface area contributed by atoms with Crippen LogP contribution in [0.2, 0.25) is 0 Å². The van der Waals surface area contributed by atoms with Crippen molar-refractivity contribution in [2.24, 2.45) is 4.99 Å². The van der Waals surface area contributed by atoms with Crippen molar-refractivity contribution in [3.63, 3.8) is 0 Å². The molecule has 0 aromatic heterocycles. The summed E-state index contributed by atoms with van der Waals surface area (Å²) in [6, 6.07) is 14.8. The monoisotopic (exact) mass is 498 g/mol. The number of hydrogen-bond acceptors (Lipinski definition) is 3. The van der Waals surface area contributed by atoms with Crippen LogP contribution in [-0.2, 0) is 6.42 Å². The van der Waals surface area contributed by atoms with E-state index in [1.54, 1.807) is 7.11 Å². The standard InChI is InChI=1S/C21H27FN4O.HI/c1-23-21(24-11-10-17-4-3-5-20(16-17)27-2)26-14-12-25(13-15-26)19-8-6-18(22)7-9-19;/h3-9,16H,10-15H2,1-2H3,(H,23,24);1H. The summed E-state index contributed by atoms with van der Waals surface area (Å²) in [5.41, 5.74) is 2.30. The minimum Gasteiger partial charge on any atom is -0.497 e. The molecule has 152 valence electrons. The molecule has 1 heterocycles. The molecular weight excluding hydrogens is 470 g/mol. The minimum absolute atomic E-state index is 0. The van der Waals surface area contributed by atoms with Crippen LogP contribution in [0, 0.1) is 5.82 Å². The molecule has 1 saturated heterocycles. The predicted octanol–water partition coefficient (Wildman–Crippen LogP) is 3.39. The zero-order valence-electron chi connectivity index (χ0n) is 16.4. The van der Waals surface area contributed by atoms with E-state index in [1.165, 1.54) is 17.7 Å². The van der Waals surface area contributed by atoms with E-state index in [0.717, 1.165) is 56.5 Å². The van der Waals surface area contributed by atoms with E-state index in [1.807, 2.05) is 31.3 Å². The molecule has 28 heavy (non-hydrogen) atoms. The number of halogens is 2. The SMILES string of the molecule is CN=C(NCCc1cccc(OC)c1)N1CCN(c2ccc(F)cc2)CC1.I. The number of piperazine rings is 1. The van der Waals surface area contributed by atoms with Crippen LogP contribution in [0.4, 0.5) is 10.1 Å². The Labute approximate surface area is 183 Å². The molecule has 1 fully saturated rings. The molecule has 0 saturated carbocycles. The van der Waals surface area contributed by atoms with Crippen molar-refractivity contribution in [1.82, 2.24) is 10.2 Å². The highest BCUT2D eigenvalue weighted by Gasteiger charge is 2.19. The Kier molecular flexibility index (Phi) is 8.82. The maximum atomic E-state index is 13.1. The van der Waals surface area contributed by atoms with Crippen LogP contribution in [0.1, 0.15) is 5.56 Å². The summed E-state index contributed by atoms with van der Waals surface area (Å²) in [6.07, 6.45) is 0.908. The van der Waals surface area contributed by atoms with Crippen LogP contribution in [0.15, 0.2) is 53.5 Å². The molecule has 2 aromatic carbocycles. The summed E-state index contributed by atoms with van der Waals surface area (Å²) in [4.78, 5) is 8.97. The maximum Gasteiger partial charge on any atom is 0.193 e. The Bertz CT molecular complexity index is 761. The largest absolute Gasteiger partial charge is 0.497 e. The number of aliphatic imine (C=N–C) groups is 1. The zero-order valence-corrected chi connectivity index (χ0v) is 18.7. The van der Waals surface area contributed by atoms with Crippen LogP contribution in [0.25, 0.3) is 0 Å². The van der Waals surface area contributed by atoms with Crippen LogP contribution < -0.4 is 15.0 Å². The van der Waals surface area contributed by atoms with E-state index in [2.05, 4.69) is 32.2 Å². The average Bonchev–Trinajstić information content (AvgIpc) is 2.72.